The van der Waals surface area contributed by atoms with E-state index in [1.54, 1.807) is 0 Å². The quantitative estimate of drug-likeness (QED) is 0.597. The number of quaternary nitrogens is 1. The lowest BCUT2D eigenvalue weighted by atomic mass is 10.2. The van der Waals surface area contributed by atoms with E-state index in [4.69, 9.17) is 14.2 Å². The first kappa shape index (κ1) is 19.0. The van der Waals surface area contributed by atoms with Crippen molar-refractivity contribution in [2.24, 2.45) is 0 Å². The highest BCUT2D eigenvalue weighted by Gasteiger charge is 2.47. The van der Waals surface area contributed by atoms with Gasteiger partial charge in [-0.2, -0.15) is 0 Å². The Labute approximate surface area is 145 Å². The molecule has 2 saturated heterocycles. The highest BCUT2D eigenvalue weighted by atomic mass is 32.2. The molecule has 2 aliphatic heterocycles. The maximum Gasteiger partial charge on any atom is 0.339 e. The van der Waals surface area contributed by atoms with Crippen LogP contribution in [0.1, 0.15) is 13.8 Å². The number of amides is 1. The predicted molar refractivity (Wildman–Crippen MR) is 86.5 cm³/mol. The van der Waals surface area contributed by atoms with Crippen molar-refractivity contribution >= 4 is 29.6 Å². The summed E-state index contributed by atoms with van der Waals surface area (Å²) in [6.45, 7) is 5.58. The van der Waals surface area contributed by atoms with E-state index < -0.39 is 23.4 Å². The van der Waals surface area contributed by atoms with Crippen LogP contribution in [-0.4, -0.2) is 86.0 Å². The number of rotatable bonds is 4. The average molecular weight is 361 g/mol. The fraction of sp³-hybridized carbons (Fsp3) is 0.800. The van der Waals surface area contributed by atoms with Gasteiger partial charge in [0.1, 0.15) is 31.3 Å². The van der Waals surface area contributed by atoms with E-state index in [1.807, 2.05) is 13.8 Å². The van der Waals surface area contributed by atoms with E-state index in [2.05, 4.69) is 0 Å². The van der Waals surface area contributed by atoms with Gasteiger partial charge in [0.15, 0.2) is 11.9 Å². The first-order chi connectivity index (χ1) is 11.4. The molecule has 9 heteroatoms. The number of ether oxygens (including phenoxy) is 3. The van der Waals surface area contributed by atoms with Crippen molar-refractivity contribution in [2.45, 2.75) is 37.5 Å². The number of nitrogens with zero attached hydrogens (tertiary/aromatic N) is 1. The molecule has 0 saturated carbocycles. The zero-order valence-electron chi connectivity index (χ0n) is 14.4. The Bertz CT molecular complexity index is 468. The van der Waals surface area contributed by atoms with Crippen LogP contribution in [0.4, 0.5) is 0 Å². The van der Waals surface area contributed by atoms with Gasteiger partial charge in [-0.05, 0) is 13.8 Å². The maximum absolute atomic E-state index is 12.8. The van der Waals surface area contributed by atoms with E-state index in [9.17, 15) is 14.4 Å². The summed E-state index contributed by atoms with van der Waals surface area (Å²) < 4.78 is 15.2. The molecule has 2 fully saturated rings. The Balaban J connectivity index is 2.11. The first-order valence-electron chi connectivity index (χ1n) is 7.94. The molecule has 0 spiro atoms. The summed E-state index contributed by atoms with van der Waals surface area (Å²) in [5.41, 5.74) is 0. The van der Waals surface area contributed by atoms with Gasteiger partial charge in [-0.25, -0.2) is 9.59 Å². The van der Waals surface area contributed by atoms with Crippen LogP contribution in [0.3, 0.4) is 0 Å². The maximum atomic E-state index is 12.8. The van der Waals surface area contributed by atoms with Crippen molar-refractivity contribution in [3.8, 4) is 0 Å². The van der Waals surface area contributed by atoms with Crippen molar-refractivity contribution in [3.05, 3.63) is 0 Å². The molecule has 0 aliphatic carbocycles. The second kappa shape index (κ2) is 8.17. The molecule has 1 unspecified atom stereocenters. The van der Waals surface area contributed by atoms with Gasteiger partial charge in [0.2, 0.25) is 0 Å². The monoisotopic (exact) mass is 361 g/mol. The molecule has 136 valence electrons. The third-order valence-electron chi connectivity index (χ3n) is 4.18. The number of methoxy groups -OCH3 is 2. The topological polar surface area (TPSA) is 86.6 Å². The minimum atomic E-state index is -0.804. The first-order valence-corrected chi connectivity index (χ1v) is 8.99. The molecular weight excluding hydrogens is 336 g/mol. The highest BCUT2D eigenvalue weighted by Crippen LogP contribution is 2.30. The van der Waals surface area contributed by atoms with E-state index in [1.165, 1.54) is 30.9 Å². The van der Waals surface area contributed by atoms with Crippen LogP contribution in [0.5, 0.6) is 0 Å². The van der Waals surface area contributed by atoms with Crippen LogP contribution >= 0.6 is 11.8 Å². The Morgan fingerprint density at radius 1 is 1.12 bits per heavy atom. The zero-order valence-corrected chi connectivity index (χ0v) is 15.3. The van der Waals surface area contributed by atoms with E-state index in [-0.39, 0.29) is 24.7 Å². The number of carbonyl (C=O) groups is 3. The van der Waals surface area contributed by atoms with Crippen molar-refractivity contribution in [2.75, 3.05) is 39.6 Å². The Morgan fingerprint density at radius 3 is 2.25 bits per heavy atom. The summed E-state index contributed by atoms with van der Waals surface area (Å²) in [5, 5.41) is -0.804. The van der Waals surface area contributed by atoms with Crippen molar-refractivity contribution in [1.82, 2.24) is 4.90 Å². The fourth-order valence-corrected chi connectivity index (χ4v) is 4.57. The number of thioether (sulfide) groups is 1. The molecule has 0 aromatic rings. The van der Waals surface area contributed by atoms with Crippen molar-refractivity contribution in [3.63, 3.8) is 0 Å². The summed E-state index contributed by atoms with van der Waals surface area (Å²) in [4.78, 5) is 39.2. The van der Waals surface area contributed by atoms with Crippen molar-refractivity contribution < 1.29 is 33.5 Å². The Kier molecular flexibility index (Phi) is 6.47. The number of carbonyl (C=O) groups excluding carboxylic acids is 3. The van der Waals surface area contributed by atoms with Crippen LogP contribution in [-0.2, 0) is 28.6 Å². The molecule has 5 atom stereocenters. The predicted octanol–water partition coefficient (Wildman–Crippen LogP) is -1.71. The normalized spacial score (nSPS) is 33.2. The molecule has 0 aromatic carbocycles. The average Bonchev–Trinajstić information content (AvgIpc) is 2.97. The van der Waals surface area contributed by atoms with E-state index in [0.29, 0.717) is 18.8 Å². The number of morpholine rings is 1. The number of nitrogens with one attached hydrogen (secondary N) is 1. The Hall–Kier alpha value is -1.32. The minimum absolute atomic E-state index is 0.0670. The molecular formula is C15H25N2O6S+. The van der Waals surface area contributed by atoms with Crippen LogP contribution in [0.2, 0.25) is 0 Å². The van der Waals surface area contributed by atoms with Crippen LogP contribution in [0, 0.1) is 0 Å². The zero-order chi connectivity index (χ0) is 17.9. The fourth-order valence-electron chi connectivity index (χ4n) is 3.25. The van der Waals surface area contributed by atoms with Crippen LogP contribution < -0.4 is 4.90 Å². The smallest absolute Gasteiger partial charge is 0.339 e. The molecule has 24 heavy (non-hydrogen) atoms. The molecule has 1 N–H and O–H groups in total. The molecule has 2 rings (SSSR count). The van der Waals surface area contributed by atoms with Gasteiger partial charge in [0.25, 0.3) is 5.91 Å². The lowest BCUT2D eigenvalue weighted by Crippen LogP contribution is -3.16. The molecule has 0 radical (unpaired) electrons. The number of esters is 2. The van der Waals surface area contributed by atoms with Crippen molar-refractivity contribution in [1.29, 1.82) is 0 Å². The molecule has 1 amide bonds. The second-order valence-electron chi connectivity index (χ2n) is 6.14. The van der Waals surface area contributed by atoms with Crippen LogP contribution in [0.15, 0.2) is 0 Å². The van der Waals surface area contributed by atoms with Gasteiger partial charge in [-0.3, -0.25) is 4.79 Å². The van der Waals surface area contributed by atoms with Gasteiger partial charge in [-0.15, -0.1) is 11.8 Å². The van der Waals surface area contributed by atoms with Gasteiger partial charge >= 0.3 is 11.9 Å². The van der Waals surface area contributed by atoms with Crippen LogP contribution in [0.25, 0.3) is 0 Å². The number of hydrogen-bond acceptors (Lipinski definition) is 7. The summed E-state index contributed by atoms with van der Waals surface area (Å²) >= 11 is 1.22. The van der Waals surface area contributed by atoms with E-state index in [0.717, 1.165) is 4.90 Å². The lowest BCUT2D eigenvalue weighted by molar-refractivity contribution is -0.907. The van der Waals surface area contributed by atoms with Gasteiger partial charge < -0.3 is 24.0 Å². The molecule has 0 bridgehead atoms. The third kappa shape index (κ3) is 4.20. The Morgan fingerprint density at radius 2 is 1.71 bits per heavy atom. The standard InChI is InChI=1S/C15H24N2O6S/c1-9-5-16(6-10(2)23-9)7-12(18)17-11(14(19)21-3)8-24-13(17)15(20)22-4/h9-11,13H,5-8H2,1-4H3/p+1/t9-,10+,11-,13-/m0/s1. The van der Waals surface area contributed by atoms with Gasteiger partial charge in [0, 0.05) is 5.75 Å². The SMILES string of the molecule is COC(=O)[C@@H]1CS[C@@H](C(=O)OC)N1C(=O)C[NH+]1C[C@@H](C)O[C@@H](C)C1. The second-order valence-corrected chi connectivity index (χ2v) is 7.25. The molecule has 0 aromatic heterocycles. The molecule has 2 aliphatic rings. The lowest BCUT2D eigenvalue weighted by Gasteiger charge is -2.34. The largest absolute Gasteiger partial charge is 0.467 e. The summed E-state index contributed by atoms with van der Waals surface area (Å²) in [5.74, 6) is -0.967. The van der Waals surface area contributed by atoms with Gasteiger partial charge in [0.05, 0.1) is 14.2 Å². The summed E-state index contributed by atoms with van der Waals surface area (Å²) in [7, 11) is 2.55. The van der Waals surface area contributed by atoms with Gasteiger partial charge in [-0.1, -0.05) is 0 Å². The summed E-state index contributed by atoms with van der Waals surface area (Å²) in [6, 6.07) is -0.758. The third-order valence-corrected chi connectivity index (χ3v) is 5.43. The summed E-state index contributed by atoms with van der Waals surface area (Å²) in [6.07, 6.45) is 0.134. The number of hydrogen-bond donors (Lipinski definition) is 1. The highest BCUT2D eigenvalue weighted by molar-refractivity contribution is 8.00. The molecule has 8 nitrogen and oxygen atoms in total. The molecule has 2 heterocycles. The minimum Gasteiger partial charge on any atom is -0.467 e. The van der Waals surface area contributed by atoms with E-state index >= 15 is 0 Å².